The molecule has 33 heavy (non-hydrogen) atoms. The zero-order valence-corrected chi connectivity index (χ0v) is 22.1. The number of ether oxygens (including phenoxy) is 1. The van der Waals surface area contributed by atoms with Crippen LogP contribution in [0.15, 0.2) is 12.2 Å². The molecule has 1 aliphatic rings. The number of rotatable bonds is 19. The molecule has 3 unspecified atom stereocenters. The number of carboxylic acid groups (broad SMARTS) is 1. The van der Waals surface area contributed by atoms with Gasteiger partial charge in [-0.15, -0.1) is 0 Å². The Morgan fingerprint density at radius 3 is 1.94 bits per heavy atom. The lowest BCUT2D eigenvalue weighted by Crippen LogP contribution is -2.42. The first-order valence-electron chi connectivity index (χ1n) is 13.9. The highest BCUT2D eigenvalue weighted by atomic mass is 16.5. The standard InChI is InChI=1S/C29H52O4/c1-5-6-7-8-9-10-11-15-20-25(21-16-13-12-14-19-24(2)3)33-28(32)29(4)23-18-17-22-26(29)27(30)31/h18,23-26H,5-17,19-22H2,1-4H3,(H,30,31). The van der Waals surface area contributed by atoms with E-state index in [-0.39, 0.29) is 12.1 Å². The van der Waals surface area contributed by atoms with Gasteiger partial charge in [-0.2, -0.15) is 0 Å². The molecule has 3 atom stereocenters. The molecule has 0 saturated heterocycles. The Morgan fingerprint density at radius 1 is 0.909 bits per heavy atom. The molecule has 0 fully saturated rings. The zero-order chi connectivity index (χ0) is 24.5. The molecule has 0 aliphatic heterocycles. The monoisotopic (exact) mass is 464 g/mol. The van der Waals surface area contributed by atoms with Crippen molar-refractivity contribution < 1.29 is 19.4 Å². The molecule has 0 amide bonds. The molecule has 0 aromatic heterocycles. The van der Waals surface area contributed by atoms with E-state index in [0.29, 0.717) is 12.8 Å². The third-order valence-corrected chi connectivity index (χ3v) is 7.26. The molecule has 0 bridgehead atoms. The molecule has 0 radical (unpaired) electrons. The van der Waals surface area contributed by atoms with Crippen LogP contribution in [0.4, 0.5) is 0 Å². The van der Waals surface area contributed by atoms with Crippen LogP contribution in [0, 0.1) is 17.3 Å². The van der Waals surface area contributed by atoms with Crippen molar-refractivity contribution >= 4 is 11.9 Å². The molecular weight excluding hydrogens is 412 g/mol. The van der Waals surface area contributed by atoms with Gasteiger partial charge in [0.2, 0.25) is 0 Å². The lowest BCUT2D eigenvalue weighted by atomic mass is 9.71. The normalized spacial score (nSPS) is 21.3. The number of carboxylic acids is 1. The maximum absolute atomic E-state index is 13.2. The predicted octanol–water partition coefficient (Wildman–Crippen LogP) is 8.48. The van der Waals surface area contributed by atoms with Crippen LogP contribution in [0.25, 0.3) is 0 Å². The first-order chi connectivity index (χ1) is 15.8. The second kappa shape index (κ2) is 17.2. The molecule has 4 nitrogen and oxygen atoms in total. The van der Waals surface area contributed by atoms with E-state index in [4.69, 9.17) is 4.74 Å². The summed E-state index contributed by atoms with van der Waals surface area (Å²) in [5.41, 5.74) is -1.06. The van der Waals surface area contributed by atoms with Crippen LogP contribution in [0.2, 0.25) is 0 Å². The summed E-state index contributed by atoms with van der Waals surface area (Å²) >= 11 is 0. The van der Waals surface area contributed by atoms with Gasteiger partial charge >= 0.3 is 11.9 Å². The Labute approximate surface area is 203 Å². The van der Waals surface area contributed by atoms with Crippen molar-refractivity contribution in [3.8, 4) is 0 Å². The number of allylic oxidation sites excluding steroid dienone is 1. The van der Waals surface area contributed by atoms with Gasteiger partial charge in [-0.05, 0) is 51.4 Å². The van der Waals surface area contributed by atoms with Gasteiger partial charge in [0.05, 0.1) is 11.3 Å². The number of aliphatic carboxylic acids is 1. The smallest absolute Gasteiger partial charge is 0.316 e. The first-order valence-corrected chi connectivity index (χ1v) is 13.9. The lowest BCUT2D eigenvalue weighted by molar-refractivity contribution is -0.168. The van der Waals surface area contributed by atoms with Gasteiger partial charge in [0.1, 0.15) is 6.10 Å². The number of esters is 1. The highest BCUT2D eigenvalue weighted by Crippen LogP contribution is 2.38. The molecular formula is C29H52O4. The molecule has 1 aliphatic carbocycles. The SMILES string of the molecule is CCCCCCCCCCC(CCCCCCC(C)C)OC(=O)C1(C)C=CCCC1C(=O)O. The lowest BCUT2D eigenvalue weighted by Gasteiger charge is -2.34. The van der Waals surface area contributed by atoms with E-state index >= 15 is 0 Å². The summed E-state index contributed by atoms with van der Waals surface area (Å²) in [5, 5.41) is 9.66. The highest BCUT2D eigenvalue weighted by molar-refractivity contribution is 5.86. The van der Waals surface area contributed by atoms with Crippen molar-refractivity contribution in [1.29, 1.82) is 0 Å². The van der Waals surface area contributed by atoms with Gasteiger partial charge in [0, 0.05) is 0 Å². The predicted molar refractivity (Wildman–Crippen MR) is 137 cm³/mol. The topological polar surface area (TPSA) is 63.6 Å². The van der Waals surface area contributed by atoms with Crippen LogP contribution in [0.1, 0.15) is 137 Å². The van der Waals surface area contributed by atoms with Crippen LogP contribution < -0.4 is 0 Å². The number of unbranched alkanes of at least 4 members (excludes halogenated alkanes) is 10. The maximum atomic E-state index is 13.2. The van der Waals surface area contributed by atoms with Crippen molar-refractivity contribution in [3.05, 3.63) is 12.2 Å². The Morgan fingerprint density at radius 2 is 1.42 bits per heavy atom. The summed E-state index contributed by atoms with van der Waals surface area (Å²) in [6.45, 7) is 8.52. The van der Waals surface area contributed by atoms with E-state index in [9.17, 15) is 14.7 Å². The van der Waals surface area contributed by atoms with Crippen LogP contribution in [-0.4, -0.2) is 23.1 Å². The summed E-state index contributed by atoms with van der Waals surface area (Å²) in [4.78, 5) is 24.9. The third-order valence-electron chi connectivity index (χ3n) is 7.26. The Kier molecular flexibility index (Phi) is 15.5. The van der Waals surface area contributed by atoms with Crippen molar-refractivity contribution in [2.75, 3.05) is 0 Å². The second-order valence-corrected chi connectivity index (χ2v) is 10.8. The summed E-state index contributed by atoms with van der Waals surface area (Å²) in [5.74, 6) is -1.19. The molecule has 0 saturated carbocycles. The van der Waals surface area contributed by atoms with E-state index in [1.807, 2.05) is 6.08 Å². The highest BCUT2D eigenvalue weighted by Gasteiger charge is 2.46. The van der Waals surface area contributed by atoms with Crippen LogP contribution >= 0.6 is 0 Å². The van der Waals surface area contributed by atoms with E-state index in [0.717, 1.165) is 31.6 Å². The summed E-state index contributed by atoms with van der Waals surface area (Å²) in [7, 11) is 0. The van der Waals surface area contributed by atoms with E-state index < -0.39 is 17.3 Å². The molecule has 0 heterocycles. The second-order valence-electron chi connectivity index (χ2n) is 10.8. The summed E-state index contributed by atoms with van der Waals surface area (Å²) in [6, 6.07) is 0. The van der Waals surface area contributed by atoms with Gasteiger partial charge in [0.25, 0.3) is 0 Å². The van der Waals surface area contributed by atoms with Crippen molar-refractivity contribution in [2.45, 2.75) is 143 Å². The third kappa shape index (κ3) is 12.1. The fraction of sp³-hybridized carbons (Fsp3) is 0.862. The zero-order valence-electron chi connectivity index (χ0n) is 22.1. The van der Waals surface area contributed by atoms with Crippen molar-refractivity contribution in [2.24, 2.45) is 17.3 Å². The van der Waals surface area contributed by atoms with Crippen molar-refractivity contribution in [1.82, 2.24) is 0 Å². The number of carbonyl (C=O) groups excluding carboxylic acids is 1. The average Bonchev–Trinajstić information content (AvgIpc) is 2.77. The van der Waals surface area contributed by atoms with E-state index in [1.54, 1.807) is 13.0 Å². The minimum atomic E-state index is -1.06. The van der Waals surface area contributed by atoms with Gasteiger partial charge in [0.15, 0.2) is 0 Å². The van der Waals surface area contributed by atoms with Crippen LogP contribution in [0.3, 0.4) is 0 Å². The number of hydrogen-bond acceptors (Lipinski definition) is 3. The molecule has 192 valence electrons. The fourth-order valence-corrected chi connectivity index (χ4v) is 4.92. The molecule has 0 spiro atoms. The molecule has 4 heteroatoms. The molecule has 1 rings (SSSR count). The molecule has 0 aromatic carbocycles. The number of hydrogen-bond donors (Lipinski definition) is 1. The Bertz CT molecular complexity index is 568. The van der Waals surface area contributed by atoms with Crippen LogP contribution in [-0.2, 0) is 14.3 Å². The largest absolute Gasteiger partial charge is 0.481 e. The first kappa shape index (κ1) is 29.7. The fourth-order valence-electron chi connectivity index (χ4n) is 4.92. The minimum Gasteiger partial charge on any atom is -0.481 e. The van der Waals surface area contributed by atoms with Crippen molar-refractivity contribution in [3.63, 3.8) is 0 Å². The van der Waals surface area contributed by atoms with E-state index in [2.05, 4.69) is 20.8 Å². The summed E-state index contributed by atoms with van der Waals surface area (Å²) < 4.78 is 6.02. The van der Waals surface area contributed by atoms with Gasteiger partial charge < -0.3 is 9.84 Å². The summed E-state index contributed by atoms with van der Waals surface area (Å²) in [6.07, 6.45) is 22.7. The maximum Gasteiger partial charge on any atom is 0.316 e. The minimum absolute atomic E-state index is 0.0933. The molecule has 1 N–H and O–H groups in total. The quantitative estimate of drug-likeness (QED) is 0.118. The van der Waals surface area contributed by atoms with Gasteiger partial charge in [-0.25, -0.2) is 0 Å². The molecule has 0 aromatic rings. The van der Waals surface area contributed by atoms with Gasteiger partial charge in [-0.3, -0.25) is 9.59 Å². The van der Waals surface area contributed by atoms with Crippen LogP contribution in [0.5, 0.6) is 0 Å². The Balaban J connectivity index is 2.55. The average molecular weight is 465 g/mol. The van der Waals surface area contributed by atoms with Gasteiger partial charge in [-0.1, -0.05) is 104 Å². The Hall–Kier alpha value is -1.32. The number of carbonyl (C=O) groups is 2. The van der Waals surface area contributed by atoms with E-state index in [1.165, 1.54) is 70.6 Å².